The zero-order valence-corrected chi connectivity index (χ0v) is 14.3. The first-order chi connectivity index (χ1) is 12.9. The molecule has 27 heavy (non-hydrogen) atoms. The van der Waals surface area contributed by atoms with Crippen LogP contribution in [-0.4, -0.2) is 25.7 Å². The van der Waals surface area contributed by atoms with Gasteiger partial charge in [-0.2, -0.15) is 4.68 Å². The number of fused-ring (bicyclic) bond motifs is 1. The third-order valence-electron chi connectivity index (χ3n) is 4.05. The molecule has 4 N–H and O–H groups in total. The summed E-state index contributed by atoms with van der Waals surface area (Å²) in [5.41, 5.74) is 2.16. The molecule has 2 aromatic heterocycles. The van der Waals surface area contributed by atoms with E-state index >= 15 is 0 Å². The fraction of sp³-hybridized carbons (Fsp3) is 0. The second-order valence-corrected chi connectivity index (χ2v) is 6.24. The molecule has 0 atom stereocenters. The summed E-state index contributed by atoms with van der Waals surface area (Å²) < 4.78 is 14.5. The minimum atomic E-state index is -0.821. The highest BCUT2D eigenvalue weighted by molar-refractivity contribution is 6.31. The van der Waals surface area contributed by atoms with E-state index in [4.69, 9.17) is 11.6 Å². The van der Waals surface area contributed by atoms with Crippen LogP contribution >= 0.6 is 11.6 Å². The molecule has 9 heteroatoms. The molecule has 0 unspecified atom stereocenters. The van der Waals surface area contributed by atoms with Crippen molar-refractivity contribution in [1.82, 2.24) is 14.6 Å². The molecular formula is C18H12ClFN4O3. The lowest BCUT2D eigenvalue weighted by Crippen LogP contribution is -2.31. The molecule has 4 aromatic rings. The maximum absolute atomic E-state index is 13.9. The van der Waals surface area contributed by atoms with E-state index < -0.39 is 23.3 Å². The lowest BCUT2D eigenvalue weighted by Gasteiger charge is -2.05. The van der Waals surface area contributed by atoms with E-state index in [1.807, 2.05) is 0 Å². The van der Waals surface area contributed by atoms with Gasteiger partial charge in [-0.15, -0.1) is 0 Å². The van der Waals surface area contributed by atoms with Crippen molar-refractivity contribution in [1.29, 1.82) is 0 Å². The van der Waals surface area contributed by atoms with Gasteiger partial charge >= 0.3 is 5.69 Å². The van der Waals surface area contributed by atoms with Crippen molar-refractivity contribution < 1.29 is 14.3 Å². The number of aromatic hydroxyl groups is 1. The second-order valence-electron chi connectivity index (χ2n) is 5.80. The molecule has 4 rings (SSSR count). The molecule has 7 nitrogen and oxygen atoms in total. The van der Waals surface area contributed by atoms with Gasteiger partial charge in [0.15, 0.2) is 0 Å². The number of aromatic nitrogens is 3. The minimum absolute atomic E-state index is 0.000327. The smallest absolute Gasteiger partial charge is 0.348 e. The van der Waals surface area contributed by atoms with Crippen LogP contribution in [0.2, 0.25) is 5.02 Å². The number of aromatic amines is 2. The number of hydrogen-bond acceptors (Lipinski definition) is 3. The SMILES string of the molecule is O=C(Nn1c(O)c(-c2ccccc2F)[nH]c1=O)c1cc2cc(Cl)ccc2[nH]1. The quantitative estimate of drug-likeness (QED) is 0.434. The summed E-state index contributed by atoms with van der Waals surface area (Å²) in [4.78, 5) is 29.8. The standard InChI is InChI=1S/C18H12ClFN4O3/c19-10-5-6-13-9(7-10)8-14(21-13)16(25)23-24-17(26)15(22-18(24)27)11-3-1-2-4-12(11)20/h1-8,21,26H,(H,22,27)(H,23,25). The fourth-order valence-electron chi connectivity index (χ4n) is 2.77. The van der Waals surface area contributed by atoms with Gasteiger partial charge in [-0.25, -0.2) is 9.18 Å². The highest BCUT2D eigenvalue weighted by atomic mass is 35.5. The normalized spacial score (nSPS) is 11.0. The van der Waals surface area contributed by atoms with E-state index in [0.717, 1.165) is 0 Å². The number of carbonyl (C=O) groups excluding carboxylic acids is 1. The highest BCUT2D eigenvalue weighted by Crippen LogP contribution is 2.27. The number of nitrogens with one attached hydrogen (secondary N) is 3. The number of carbonyl (C=O) groups is 1. The molecule has 0 saturated heterocycles. The summed E-state index contributed by atoms with van der Waals surface area (Å²) in [6, 6.07) is 12.3. The molecule has 0 saturated carbocycles. The van der Waals surface area contributed by atoms with E-state index in [0.29, 0.717) is 20.6 Å². The Hall–Kier alpha value is -3.52. The van der Waals surface area contributed by atoms with Crippen molar-refractivity contribution in [2.24, 2.45) is 0 Å². The van der Waals surface area contributed by atoms with Gasteiger partial charge in [0.25, 0.3) is 5.91 Å². The van der Waals surface area contributed by atoms with Gasteiger partial charge < -0.3 is 15.1 Å². The van der Waals surface area contributed by atoms with Crippen LogP contribution < -0.4 is 11.1 Å². The monoisotopic (exact) mass is 386 g/mol. The van der Waals surface area contributed by atoms with Gasteiger partial charge in [-0.3, -0.25) is 10.2 Å². The number of nitrogens with zero attached hydrogens (tertiary/aromatic N) is 1. The van der Waals surface area contributed by atoms with Crippen molar-refractivity contribution >= 4 is 28.4 Å². The predicted octanol–water partition coefficient (Wildman–Crippen LogP) is 3.21. The Morgan fingerprint density at radius 2 is 1.93 bits per heavy atom. The fourth-order valence-corrected chi connectivity index (χ4v) is 2.95. The van der Waals surface area contributed by atoms with Gasteiger partial charge in [-0.1, -0.05) is 23.7 Å². The molecule has 0 spiro atoms. The third kappa shape index (κ3) is 2.96. The van der Waals surface area contributed by atoms with E-state index in [9.17, 15) is 19.1 Å². The Bertz CT molecular complexity index is 1240. The van der Waals surface area contributed by atoms with E-state index in [1.54, 1.807) is 30.3 Å². The molecule has 0 fully saturated rings. The first kappa shape index (κ1) is 16.9. The van der Waals surface area contributed by atoms with Crippen LogP contribution in [0.4, 0.5) is 4.39 Å². The second kappa shape index (κ2) is 6.33. The lowest BCUT2D eigenvalue weighted by molar-refractivity contribution is 0.100. The van der Waals surface area contributed by atoms with Crippen molar-refractivity contribution in [3.63, 3.8) is 0 Å². The predicted molar refractivity (Wildman–Crippen MR) is 99.1 cm³/mol. The van der Waals surface area contributed by atoms with Gasteiger partial charge in [0, 0.05) is 21.5 Å². The number of benzene rings is 2. The molecular weight excluding hydrogens is 375 g/mol. The first-order valence-electron chi connectivity index (χ1n) is 7.82. The topological polar surface area (TPSA) is 103 Å². The molecule has 2 aromatic carbocycles. The lowest BCUT2D eigenvalue weighted by atomic mass is 10.1. The zero-order chi connectivity index (χ0) is 19.1. The van der Waals surface area contributed by atoms with Crippen molar-refractivity contribution in [2.45, 2.75) is 0 Å². The summed E-state index contributed by atoms with van der Waals surface area (Å²) in [7, 11) is 0. The van der Waals surface area contributed by atoms with Crippen LogP contribution in [0, 0.1) is 5.82 Å². The summed E-state index contributed by atoms with van der Waals surface area (Å²) in [6.07, 6.45) is 0. The maximum atomic E-state index is 13.9. The number of amides is 1. The molecule has 1 amide bonds. The van der Waals surface area contributed by atoms with Gasteiger partial charge in [0.1, 0.15) is 17.2 Å². The Morgan fingerprint density at radius 1 is 1.15 bits per heavy atom. The first-order valence-corrected chi connectivity index (χ1v) is 8.20. The van der Waals surface area contributed by atoms with Crippen molar-refractivity contribution in [3.05, 3.63) is 75.5 Å². The maximum Gasteiger partial charge on any atom is 0.348 e. The molecule has 2 heterocycles. The van der Waals surface area contributed by atoms with Crippen molar-refractivity contribution in [3.8, 4) is 17.1 Å². The Morgan fingerprint density at radius 3 is 2.70 bits per heavy atom. The molecule has 0 aliphatic rings. The summed E-state index contributed by atoms with van der Waals surface area (Å²) in [6.45, 7) is 0. The van der Waals surface area contributed by atoms with Gasteiger partial charge in [0.2, 0.25) is 5.88 Å². The average molecular weight is 387 g/mol. The molecule has 136 valence electrons. The van der Waals surface area contributed by atoms with Crippen LogP contribution in [-0.2, 0) is 0 Å². The Kier molecular flexibility index (Phi) is 3.97. The van der Waals surface area contributed by atoms with E-state index in [1.165, 1.54) is 18.2 Å². The Balaban J connectivity index is 1.69. The summed E-state index contributed by atoms with van der Waals surface area (Å²) >= 11 is 5.92. The molecule has 0 bridgehead atoms. The number of imidazole rings is 1. The minimum Gasteiger partial charge on any atom is -0.492 e. The van der Waals surface area contributed by atoms with E-state index in [2.05, 4.69) is 15.4 Å². The van der Waals surface area contributed by atoms with Crippen LogP contribution in [0.15, 0.2) is 53.3 Å². The van der Waals surface area contributed by atoms with Crippen molar-refractivity contribution in [2.75, 3.05) is 5.43 Å². The number of hydrogen-bond donors (Lipinski definition) is 4. The van der Waals surface area contributed by atoms with E-state index in [-0.39, 0.29) is 17.0 Å². The summed E-state index contributed by atoms with van der Waals surface area (Å²) in [5, 5.41) is 11.5. The molecule has 0 aliphatic heterocycles. The van der Waals surface area contributed by atoms with Gasteiger partial charge in [0.05, 0.1) is 0 Å². The number of rotatable bonds is 3. The molecule has 0 aliphatic carbocycles. The third-order valence-corrected chi connectivity index (χ3v) is 4.29. The highest BCUT2D eigenvalue weighted by Gasteiger charge is 2.20. The largest absolute Gasteiger partial charge is 0.492 e. The average Bonchev–Trinajstić information content (AvgIpc) is 3.18. The summed E-state index contributed by atoms with van der Waals surface area (Å²) in [5.74, 6) is -1.91. The zero-order valence-electron chi connectivity index (χ0n) is 13.6. The number of H-pyrrole nitrogens is 2. The van der Waals surface area contributed by atoms with Crippen LogP contribution in [0.3, 0.4) is 0 Å². The van der Waals surface area contributed by atoms with Crippen LogP contribution in [0.1, 0.15) is 10.5 Å². The van der Waals surface area contributed by atoms with Gasteiger partial charge in [-0.05, 0) is 36.4 Å². The Labute approximate surface area is 156 Å². The number of halogens is 2. The molecule has 0 radical (unpaired) electrons. The van der Waals surface area contributed by atoms with Crippen LogP contribution in [0.25, 0.3) is 22.2 Å². The van der Waals surface area contributed by atoms with Crippen LogP contribution in [0.5, 0.6) is 5.88 Å².